The molecule has 6 nitrogen and oxygen atoms in total. The Morgan fingerprint density at radius 2 is 1.45 bits per heavy atom. The van der Waals surface area contributed by atoms with Crippen LogP contribution < -0.4 is 0 Å². The summed E-state index contributed by atoms with van der Waals surface area (Å²) in [6.07, 6.45) is -3.31. The fourth-order valence-corrected chi connectivity index (χ4v) is 3.74. The van der Waals surface area contributed by atoms with E-state index in [9.17, 15) is 10.2 Å². The average Bonchev–Trinajstić information content (AvgIpc) is 3.05. The van der Waals surface area contributed by atoms with Crippen molar-refractivity contribution in [3.8, 4) is 0 Å². The second-order valence-electron chi connectivity index (χ2n) is 7.84. The highest BCUT2D eigenvalue weighted by Gasteiger charge is 2.42. The van der Waals surface area contributed by atoms with Crippen LogP contribution in [0, 0.1) is 13.8 Å². The van der Waals surface area contributed by atoms with Crippen molar-refractivity contribution in [3.05, 3.63) is 70.8 Å². The van der Waals surface area contributed by atoms with Gasteiger partial charge in [-0.25, -0.2) is 0 Å². The normalized spacial score (nSPS) is 31.0. The lowest BCUT2D eigenvalue weighted by atomic mass is 10.0. The molecule has 156 valence electrons. The van der Waals surface area contributed by atoms with Crippen molar-refractivity contribution < 1.29 is 29.2 Å². The highest BCUT2D eigenvalue weighted by atomic mass is 16.7. The third-order valence-corrected chi connectivity index (χ3v) is 5.46. The fourth-order valence-electron chi connectivity index (χ4n) is 3.74. The van der Waals surface area contributed by atoms with Crippen molar-refractivity contribution in [1.29, 1.82) is 0 Å². The molecule has 6 unspecified atom stereocenters. The molecule has 2 aliphatic heterocycles. The third kappa shape index (κ3) is 4.69. The largest absolute Gasteiger partial charge is 0.394 e. The molecule has 2 heterocycles. The maximum Gasteiger partial charge on any atom is 0.184 e. The third-order valence-electron chi connectivity index (χ3n) is 5.46. The molecule has 2 bridgehead atoms. The van der Waals surface area contributed by atoms with Crippen LogP contribution in [0.1, 0.15) is 41.3 Å². The molecule has 6 heteroatoms. The Hall–Kier alpha value is -1.80. The predicted octanol–water partition coefficient (Wildman–Crippen LogP) is 2.94. The standard InChI is InChI=1S/C23H28O6/c1-14-3-7-16(8-4-14)22-26-13-18-11-20(28-22)21(19(25)12-24)29-23(27-18)17-9-5-15(2)6-10-17/h3-10,18-25H,11-13H2,1-2H3. The first-order valence-corrected chi connectivity index (χ1v) is 10.0. The summed E-state index contributed by atoms with van der Waals surface area (Å²) in [7, 11) is 0. The summed E-state index contributed by atoms with van der Waals surface area (Å²) in [5, 5.41) is 20.1. The fraction of sp³-hybridized carbons (Fsp3) is 0.478. The van der Waals surface area contributed by atoms with Gasteiger partial charge in [0.2, 0.25) is 0 Å². The molecule has 2 aromatic carbocycles. The monoisotopic (exact) mass is 400 g/mol. The first kappa shape index (κ1) is 20.5. The quantitative estimate of drug-likeness (QED) is 0.822. The van der Waals surface area contributed by atoms with Crippen LogP contribution in [0.4, 0.5) is 0 Å². The number of benzene rings is 2. The van der Waals surface area contributed by atoms with E-state index in [-0.39, 0.29) is 6.10 Å². The van der Waals surface area contributed by atoms with Crippen LogP contribution in [0.25, 0.3) is 0 Å². The van der Waals surface area contributed by atoms with Gasteiger partial charge in [0.05, 0.1) is 25.4 Å². The van der Waals surface area contributed by atoms with Gasteiger partial charge in [-0.15, -0.1) is 0 Å². The second kappa shape index (κ2) is 8.92. The molecule has 2 saturated heterocycles. The molecule has 0 radical (unpaired) electrons. The topological polar surface area (TPSA) is 77.4 Å². The Balaban J connectivity index is 1.59. The SMILES string of the molecule is Cc1ccc(C2OCC3CC(O2)C(C(O)CO)OC(c2ccc(C)cc2)O3)cc1. The Morgan fingerprint density at radius 3 is 2.03 bits per heavy atom. The van der Waals surface area contributed by atoms with Crippen LogP contribution in [0.3, 0.4) is 0 Å². The van der Waals surface area contributed by atoms with Crippen molar-refractivity contribution in [3.63, 3.8) is 0 Å². The van der Waals surface area contributed by atoms with Gasteiger partial charge in [-0.05, 0) is 13.8 Å². The van der Waals surface area contributed by atoms with Gasteiger partial charge in [0.1, 0.15) is 12.2 Å². The minimum atomic E-state index is -1.09. The number of ether oxygens (including phenoxy) is 4. The molecule has 0 amide bonds. The molecule has 0 saturated carbocycles. The van der Waals surface area contributed by atoms with Crippen molar-refractivity contribution in [2.45, 2.75) is 57.3 Å². The van der Waals surface area contributed by atoms with E-state index in [1.807, 2.05) is 62.4 Å². The number of aliphatic hydroxyl groups is 2. The van der Waals surface area contributed by atoms with Crippen LogP contribution in [0.2, 0.25) is 0 Å². The molecular weight excluding hydrogens is 372 g/mol. The summed E-state index contributed by atoms with van der Waals surface area (Å²) in [5.74, 6) is 0. The number of aliphatic hydroxyl groups excluding tert-OH is 2. The Bertz CT molecular complexity index is 790. The van der Waals surface area contributed by atoms with Crippen molar-refractivity contribution in [1.82, 2.24) is 0 Å². The van der Waals surface area contributed by atoms with Gasteiger partial charge in [0, 0.05) is 17.5 Å². The van der Waals surface area contributed by atoms with Gasteiger partial charge in [0.25, 0.3) is 0 Å². The Labute approximate surface area is 171 Å². The van der Waals surface area contributed by atoms with Crippen LogP contribution >= 0.6 is 0 Å². The van der Waals surface area contributed by atoms with Crippen LogP contribution in [0.15, 0.2) is 48.5 Å². The van der Waals surface area contributed by atoms with E-state index in [1.54, 1.807) is 0 Å². The van der Waals surface area contributed by atoms with E-state index in [1.165, 1.54) is 0 Å². The lowest BCUT2D eigenvalue weighted by Gasteiger charge is -2.32. The molecule has 29 heavy (non-hydrogen) atoms. The van der Waals surface area contributed by atoms with E-state index in [0.29, 0.717) is 13.0 Å². The number of hydrogen-bond donors (Lipinski definition) is 2. The van der Waals surface area contributed by atoms with E-state index < -0.39 is 37.5 Å². The summed E-state index contributed by atoms with van der Waals surface area (Å²) in [4.78, 5) is 0. The molecule has 0 aromatic heterocycles. The van der Waals surface area contributed by atoms with Gasteiger partial charge in [-0.3, -0.25) is 0 Å². The first-order valence-electron chi connectivity index (χ1n) is 10.0. The minimum absolute atomic E-state index is 0.252. The second-order valence-corrected chi connectivity index (χ2v) is 7.84. The maximum atomic E-state index is 10.5. The molecule has 2 aromatic rings. The number of aryl methyl sites for hydroxylation is 2. The van der Waals surface area contributed by atoms with E-state index >= 15 is 0 Å². The Morgan fingerprint density at radius 1 is 0.862 bits per heavy atom. The van der Waals surface area contributed by atoms with Crippen molar-refractivity contribution in [2.75, 3.05) is 13.2 Å². The minimum Gasteiger partial charge on any atom is -0.394 e. The number of fused-ring (bicyclic) bond motifs is 2. The Kier molecular flexibility index (Phi) is 6.29. The van der Waals surface area contributed by atoms with Crippen molar-refractivity contribution in [2.24, 2.45) is 0 Å². The first-order chi connectivity index (χ1) is 14.0. The lowest BCUT2D eigenvalue weighted by molar-refractivity contribution is -0.260. The van der Waals surface area contributed by atoms with Crippen molar-refractivity contribution >= 4 is 0 Å². The predicted molar refractivity (Wildman–Crippen MR) is 106 cm³/mol. The molecular formula is C23H28O6. The maximum absolute atomic E-state index is 10.5. The highest BCUT2D eigenvalue weighted by molar-refractivity contribution is 5.23. The van der Waals surface area contributed by atoms with Crippen LogP contribution in [-0.4, -0.2) is 47.8 Å². The summed E-state index contributed by atoms with van der Waals surface area (Å²) >= 11 is 0. The molecule has 2 N–H and O–H groups in total. The summed E-state index contributed by atoms with van der Waals surface area (Å²) in [5.41, 5.74) is 4.04. The van der Waals surface area contributed by atoms with Gasteiger partial charge < -0.3 is 29.2 Å². The number of rotatable bonds is 4. The average molecular weight is 400 g/mol. The van der Waals surface area contributed by atoms with Gasteiger partial charge in [0.15, 0.2) is 12.6 Å². The van der Waals surface area contributed by atoms with Gasteiger partial charge >= 0.3 is 0 Å². The van der Waals surface area contributed by atoms with Crippen LogP contribution in [0.5, 0.6) is 0 Å². The highest BCUT2D eigenvalue weighted by Crippen LogP contribution is 2.37. The molecule has 0 aliphatic carbocycles. The molecule has 0 spiro atoms. The molecule has 2 aliphatic rings. The summed E-state index contributed by atoms with van der Waals surface area (Å²) in [6.45, 7) is 3.96. The van der Waals surface area contributed by atoms with E-state index in [4.69, 9.17) is 18.9 Å². The zero-order valence-electron chi connectivity index (χ0n) is 16.7. The smallest absolute Gasteiger partial charge is 0.184 e. The van der Waals surface area contributed by atoms with Gasteiger partial charge in [-0.1, -0.05) is 59.7 Å². The van der Waals surface area contributed by atoms with Crippen LogP contribution in [-0.2, 0) is 18.9 Å². The molecule has 2 fully saturated rings. The zero-order valence-corrected chi connectivity index (χ0v) is 16.7. The molecule has 6 atom stereocenters. The number of hydrogen-bond acceptors (Lipinski definition) is 6. The summed E-state index contributed by atoms with van der Waals surface area (Å²) in [6, 6.07) is 15.8. The lowest BCUT2D eigenvalue weighted by Crippen LogP contribution is -2.43. The van der Waals surface area contributed by atoms with E-state index in [2.05, 4.69) is 0 Å². The zero-order chi connectivity index (χ0) is 20.4. The van der Waals surface area contributed by atoms with E-state index in [0.717, 1.165) is 22.3 Å². The molecule has 4 rings (SSSR count). The van der Waals surface area contributed by atoms with Gasteiger partial charge in [-0.2, -0.15) is 0 Å². The summed E-state index contributed by atoms with van der Waals surface area (Å²) < 4.78 is 24.6.